The van der Waals surface area contributed by atoms with Crippen LogP contribution in [0.1, 0.15) is 18.9 Å². The Kier molecular flexibility index (Phi) is 6.58. The van der Waals surface area contributed by atoms with Crippen LogP contribution in [0, 0.1) is 5.92 Å². The second kappa shape index (κ2) is 8.44. The lowest BCUT2D eigenvalue weighted by atomic mass is 10.1. The normalized spacial score (nSPS) is 17.8. The van der Waals surface area contributed by atoms with Crippen LogP contribution in [0.25, 0.3) is 0 Å². The maximum absolute atomic E-state index is 12.0. The van der Waals surface area contributed by atoms with Crippen LogP contribution in [-0.2, 0) is 15.3 Å². The molecule has 2 amide bonds. The lowest BCUT2D eigenvalue weighted by molar-refractivity contribution is -0.128. The Morgan fingerprint density at radius 1 is 1.50 bits per heavy atom. The van der Waals surface area contributed by atoms with Gasteiger partial charge in [0.05, 0.1) is 5.92 Å². The van der Waals surface area contributed by atoms with Gasteiger partial charge in [0.1, 0.15) is 0 Å². The first-order chi connectivity index (χ1) is 10.6. The van der Waals surface area contributed by atoms with Gasteiger partial charge in [0.25, 0.3) is 0 Å². The molecule has 1 N–H and O–H groups in total. The van der Waals surface area contributed by atoms with Crippen molar-refractivity contribution in [3.8, 4) is 0 Å². The summed E-state index contributed by atoms with van der Waals surface area (Å²) in [5.41, 5.74) is 1.18. The number of hydrogen-bond acceptors (Lipinski definition) is 3. The molecule has 1 atom stereocenters. The summed E-state index contributed by atoms with van der Waals surface area (Å²) in [4.78, 5) is 25.4. The van der Waals surface area contributed by atoms with Crippen molar-refractivity contribution >= 4 is 35.2 Å². The number of nitrogens with one attached hydrogen (secondary N) is 1. The molecule has 1 saturated heterocycles. The van der Waals surface area contributed by atoms with E-state index < -0.39 is 0 Å². The predicted molar refractivity (Wildman–Crippen MR) is 91.0 cm³/mol. The quantitative estimate of drug-likeness (QED) is 0.776. The molecule has 6 heteroatoms. The van der Waals surface area contributed by atoms with Gasteiger partial charge in [-0.1, -0.05) is 23.7 Å². The molecule has 0 aromatic heterocycles. The standard InChI is InChI=1S/C16H21ClN2O2S/c1-2-19-10-13(9-15(19)20)16(21)18-6-7-22-11-12-4-3-5-14(17)8-12/h3-5,8,13H,2,6-7,9-11H2,1H3,(H,18,21)/t13-/m0/s1. The number of benzene rings is 1. The Bertz CT molecular complexity index is 539. The summed E-state index contributed by atoms with van der Waals surface area (Å²) in [7, 11) is 0. The molecule has 0 unspecified atom stereocenters. The lowest BCUT2D eigenvalue weighted by Gasteiger charge is -2.13. The predicted octanol–water partition coefficient (Wildman–Crippen LogP) is 2.56. The summed E-state index contributed by atoms with van der Waals surface area (Å²) >= 11 is 7.69. The van der Waals surface area contributed by atoms with Crippen LogP contribution in [0.5, 0.6) is 0 Å². The largest absolute Gasteiger partial charge is 0.355 e. The number of amides is 2. The fourth-order valence-electron chi connectivity index (χ4n) is 2.46. The maximum Gasteiger partial charge on any atom is 0.225 e. The molecule has 1 aromatic rings. The van der Waals surface area contributed by atoms with Gasteiger partial charge in [-0.3, -0.25) is 9.59 Å². The summed E-state index contributed by atoms with van der Waals surface area (Å²) in [6.45, 7) is 3.79. The Morgan fingerprint density at radius 2 is 2.32 bits per heavy atom. The third-order valence-electron chi connectivity index (χ3n) is 3.67. The van der Waals surface area contributed by atoms with Crippen molar-refractivity contribution in [1.29, 1.82) is 0 Å². The van der Waals surface area contributed by atoms with E-state index in [0.717, 1.165) is 16.5 Å². The first-order valence-electron chi connectivity index (χ1n) is 7.47. The Labute approximate surface area is 140 Å². The topological polar surface area (TPSA) is 49.4 Å². The molecular formula is C16H21ClN2O2S. The fraction of sp³-hybridized carbons (Fsp3) is 0.500. The molecule has 22 heavy (non-hydrogen) atoms. The number of carbonyl (C=O) groups is 2. The number of hydrogen-bond donors (Lipinski definition) is 1. The van der Waals surface area contributed by atoms with E-state index >= 15 is 0 Å². The van der Waals surface area contributed by atoms with Gasteiger partial charge in [0.2, 0.25) is 11.8 Å². The average Bonchev–Trinajstić information content (AvgIpc) is 2.88. The van der Waals surface area contributed by atoms with Crippen LogP contribution in [0.3, 0.4) is 0 Å². The van der Waals surface area contributed by atoms with Crippen LogP contribution < -0.4 is 5.32 Å². The SMILES string of the molecule is CCN1C[C@@H](C(=O)NCCSCc2cccc(Cl)c2)CC1=O. The van der Waals surface area contributed by atoms with Crippen LogP contribution in [-0.4, -0.2) is 42.1 Å². The lowest BCUT2D eigenvalue weighted by Crippen LogP contribution is -2.34. The minimum Gasteiger partial charge on any atom is -0.355 e. The molecule has 0 aliphatic carbocycles. The number of carbonyl (C=O) groups excluding carboxylic acids is 2. The van der Waals surface area contributed by atoms with E-state index in [1.54, 1.807) is 16.7 Å². The van der Waals surface area contributed by atoms with Gasteiger partial charge < -0.3 is 10.2 Å². The van der Waals surface area contributed by atoms with E-state index in [-0.39, 0.29) is 17.7 Å². The molecule has 0 bridgehead atoms. The van der Waals surface area contributed by atoms with Crippen molar-refractivity contribution < 1.29 is 9.59 Å². The smallest absolute Gasteiger partial charge is 0.225 e. The van der Waals surface area contributed by atoms with Crippen molar-refractivity contribution in [3.05, 3.63) is 34.9 Å². The Balaban J connectivity index is 1.62. The minimum absolute atomic E-state index is 0.00680. The van der Waals surface area contributed by atoms with Crippen LogP contribution in [0.4, 0.5) is 0 Å². The summed E-state index contributed by atoms with van der Waals surface area (Å²) in [5, 5.41) is 3.67. The molecule has 1 aromatic carbocycles. The fourth-order valence-corrected chi connectivity index (χ4v) is 3.48. The summed E-state index contributed by atoms with van der Waals surface area (Å²) in [6, 6.07) is 7.80. The molecule has 1 aliphatic heterocycles. The first kappa shape index (κ1) is 17.2. The molecular weight excluding hydrogens is 320 g/mol. The maximum atomic E-state index is 12.0. The number of rotatable bonds is 7. The molecule has 1 aliphatic rings. The van der Waals surface area contributed by atoms with Crippen LogP contribution >= 0.6 is 23.4 Å². The van der Waals surface area contributed by atoms with Gasteiger partial charge in [0, 0.05) is 42.6 Å². The van der Waals surface area contributed by atoms with Gasteiger partial charge in [0.15, 0.2) is 0 Å². The molecule has 0 spiro atoms. The molecule has 120 valence electrons. The van der Waals surface area contributed by atoms with E-state index in [9.17, 15) is 9.59 Å². The molecule has 1 fully saturated rings. The van der Waals surface area contributed by atoms with Crippen LogP contribution in [0.15, 0.2) is 24.3 Å². The molecule has 2 rings (SSSR count). The molecule has 1 heterocycles. The number of likely N-dealkylation sites (tertiary alicyclic amines) is 1. The monoisotopic (exact) mass is 340 g/mol. The van der Waals surface area contributed by atoms with Crippen molar-refractivity contribution in [2.24, 2.45) is 5.92 Å². The number of nitrogens with zero attached hydrogens (tertiary/aromatic N) is 1. The summed E-state index contributed by atoms with van der Waals surface area (Å²) in [6.07, 6.45) is 0.343. The van der Waals surface area contributed by atoms with Gasteiger partial charge in [-0.2, -0.15) is 11.8 Å². The summed E-state index contributed by atoms with van der Waals surface area (Å²) < 4.78 is 0. The van der Waals surface area contributed by atoms with Gasteiger partial charge in [-0.15, -0.1) is 0 Å². The molecule has 0 saturated carbocycles. The zero-order chi connectivity index (χ0) is 15.9. The highest BCUT2D eigenvalue weighted by molar-refractivity contribution is 7.98. The van der Waals surface area contributed by atoms with Gasteiger partial charge in [-0.25, -0.2) is 0 Å². The third-order valence-corrected chi connectivity index (χ3v) is 4.94. The number of thioether (sulfide) groups is 1. The van der Waals surface area contributed by atoms with E-state index in [4.69, 9.17) is 11.6 Å². The van der Waals surface area contributed by atoms with Crippen molar-refractivity contribution in [2.45, 2.75) is 19.1 Å². The Morgan fingerprint density at radius 3 is 3.00 bits per heavy atom. The second-order valence-electron chi connectivity index (χ2n) is 5.31. The zero-order valence-corrected chi connectivity index (χ0v) is 14.3. The van der Waals surface area contributed by atoms with Gasteiger partial charge in [-0.05, 0) is 24.6 Å². The first-order valence-corrected chi connectivity index (χ1v) is 9.01. The third kappa shape index (κ3) is 4.92. The van der Waals surface area contributed by atoms with E-state index in [1.165, 1.54) is 5.56 Å². The van der Waals surface area contributed by atoms with E-state index in [0.29, 0.717) is 26.1 Å². The van der Waals surface area contributed by atoms with Crippen molar-refractivity contribution in [3.63, 3.8) is 0 Å². The second-order valence-corrected chi connectivity index (χ2v) is 6.85. The highest BCUT2D eigenvalue weighted by Gasteiger charge is 2.32. The summed E-state index contributed by atoms with van der Waals surface area (Å²) in [5.74, 6) is 1.61. The number of halogens is 1. The zero-order valence-electron chi connectivity index (χ0n) is 12.7. The molecule has 4 nitrogen and oxygen atoms in total. The highest BCUT2D eigenvalue weighted by Crippen LogP contribution is 2.18. The highest BCUT2D eigenvalue weighted by atomic mass is 35.5. The van der Waals surface area contributed by atoms with Crippen LogP contribution in [0.2, 0.25) is 5.02 Å². The van der Waals surface area contributed by atoms with E-state index in [2.05, 4.69) is 5.32 Å². The van der Waals surface area contributed by atoms with Gasteiger partial charge >= 0.3 is 0 Å². The van der Waals surface area contributed by atoms with Crippen molar-refractivity contribution in [1.82, 2.24) is 10.2 Å². The Hall–Kier alpha value is -1.20. The molecule has 0 radical (unpaired) electrons. The van der Waals surface area contributed by atoms with Crippen molar-refractivity contribution in [2.75, 3.05) is 25.4 Å². The minimum atomic E-state index is -0.189. The van der Waals surface area contributed by atoms with E-state index in [1.807, 2.05) is 31.2 Å². The average molecular weight is 341 g/mol.